The lowest BCUT2D eigenvalue weighted by Crippen LogP contribution is -1.99. The van der Waals surface area contributed by atoms with Gasteiger partial charge in [-0.3, -0.25) is 4.21 Å². The second-order valence-electron chi connectivity index (χ2n) is 2.81. The molecule has 5 heteroatoms. The molecule has 1 aromatic carbocycles. The number of halogens is 1. The van der Waals surface area contributed by atoms with Crippen LogP contribution in [0.4, 0.5) is 0 Å². The summed E-state index contributed by atoms with van der Waals surface area (Å²) in [6.45, 7) is 1.92. The lowest BCUT2D eigenvalue weighted by atomic mass is 10.1. The number of hydrogen-bond acceptors (Lipinski definition) is 3. The Morgan fingerprint density at radius 3 is 2.86 bits per heavy atom. The molecule has 0 radical (unpaired) electrons. The van der Waals surface area contributed by atoms with Gasteiger partial charge >= 0.3 is 0 Å². The van der Waals surface area contributed by atoms with Crippen molar-refractivity contribution in [3.63, 3.8) is 0 Å². The fourth-order valence-corrected chi connectivity index (χ4v) is 1.96. The summed E-state index contributed by atoms with van der Waals surface area (Å²) in [6.07, 6.45) is 0. The molecule has 0 amide bonds. The third-order valence-electron chi connectivity index (χ3n) is 1.70. The average molecular weight is 325 g/mol. The lowest BCUT2D eigenvalue weighted by Gasteiger charge is -2.11. The minimum absolute atomic E-state index is 0.00759. The molecular formula is C9H10IO3S-. The predicted octanol–water partition coefficient (Wildman–Crippen LogP) is 2.15. The van der Waals surface area contributed by atoms with Crippen LogP contribution in [-0.4, -0.2) is 13.4 Å². The van der Waals surface area contributed by atoms with E-state index in [-0.39, 0.29) is 5.75 Å². The molecule has 0 heterocycles. The Hall–Kier alpha value is -0.140. The molecule has 1 unspecified atom stereocenters. The van der Waals surface area contributed by atoms with Crippen LogP contribution in [0.2, 0.25) is 0 Å². The van der Waals surface area contributed by atoms with Gasteiger partial charge in [-0.25, -0.2) is 0 Å². The van der Waals surface area contributed by atoms with Crippen molar-refractivity contribution >= 4 is 33.7 Å². The normalized spacial score (nSPS) is 12.5. The van der Waals surface area contributed by atoms with Gasteiger partial charge in [0.25, 0.3) is 0 Å². The molecule has 3 nitrogen and oxygen atoms in total. The van der Waals surface area contributed by atoms with Gasteiger partial charge in [-0.15, -0.1) is 0 Å². The zero-order chi connectivity index (χ0) is 10.6. The van der Waals surface area contributed by atoms with Crippen molar-refractivity contribution in [1.82, 2.24) is 0 Å². The molecule has 0 spiro atoms. The van der Waals surface area contributed by atoms with E-state index in [1.807, 2.05) is 19.1 Å². The molecule has 0 aliphatic rings. The summed E-state index contributed by atoms with van der Waals surface area (Å²) in [6, 6.07) is 5.53. The van der Waals surface area contributed by atoms with Crippen molar-refractivity contribution in [2.45, 2.75) is 12.7 Å². The maximum absolute atomic E-state index is 10.6. The molecular weight excluding hydrogens is 315 g/mol. The molecule has 0 aliphatic heterocycles. The van der Waals surface area contributed by atoms with E-state index >= 15 is 0 Å². The second kappa shape index (κ2) is 5.67. The first-order chi connectivity index (χ1) is 6.63. The summed E-state index contributed by atoms with van der Waals surface area (Å²) in [7, 11) is 0. The van der Waals surface area contributed by atoms with Gasteiger partial charge in [0.2, 0.25) is 0 Å². The highest BCUT2D eigenvalue weighted by Crippen LogP contribution is 2.21. The SMILES string of the molecule is Cc1ccc(OCI)c(CS(=O)[O-])c1. The number of alkyl halides is 1. The molecule has 0 saturated carbocycles. The van der Waals surface area contributed by atoms with Gasteiger partial charge in [-0.1, -0.05) is 28.8 Å². The van der Waals surface area contributed by atoms with Crippen LogP contribution in [0.1, 0.15) is 11.1 Å². The van der Waals surface area contributed by atoms with Crippen LogP contribution in [0.25, 0.3) is 0 Å². The number of aryl methyl sites for hydroxylation is 1. The predicted molar refractivity (Wildman–Crippen MR) is 63.3 cm³/mol. The lowest BCUT2D eigenvalue weighted by molar-refractivity contribution is 0.400. The molecule has 78 valence electrons. The number of rotatable bonds is 4. The van der Waals surface area contributed by atoms with E-state index in [0.29, 0.717) is 10.4 Å². The molecule has 1 rings (SSSR count). The van der Waals surface area contributed by atoms with Gasteiger partial charge in [0, 0.05) is 11.3 Å². The fraction of sp³-hybridized carbons (Fsp3) is 0.333. The van der Waals surface area contributed by atoms with E-state index in [0.717, 1.165) is 11.1 Å². The summed E-state index contributed by atoms with van der Waals surface area (Å²) in [4.78, 5) is 0. The molecule has 0 bridgehead atoms. The first-order valence-corrected chi connectivity index (χ1v) is 6.74. The smallest absolute Gasteiger partial charge is 0.139 e. The highest BCUT2D eigenvalue weighted by molar-refractivity contribution is 14.1. The van der Waals surface area contributed by atoms with Crippen molar-refractivity contribution in [2.75, 3.05) is 4.61 Å². The summed E-state index contributed by atoms with van der Waals surface area (Å²) < 4.78 is 27.0. The van der Waals surface area contributed by atoms with Gasteiger partial charge in [0.05, 0.1) is 0 Å². The third kappa shape index (κ3) is 3.55. The Bertz CT molecular complexity index is 341. The quantitative estimate of drug-likeness (QED) is 0.484. The van der Waals surface area contributed by atoms with Crippen LogP contribution in [0.15, 0.2) is 18.2 Å². The fourth-order valence-electron chi connectivity index (χ4n) is 1.15. The zero-order valence-corrected chi connectivity index (χ0v) is 10.6. The Labute approximate surface area is 99.3 Å². The van der Waals surface area contributed by atoms with E-state index in [4.69, 9.17) is 4.74 Å². The number of hydrogen-bond donors (Lipinski definition) is 0. The van der Waals surface area contributed by atoms with E-state index in [9.17, 15) is 8.76 Å². The first-order valence-electron chi connectivity index (χ1n) is 3.97. The minimum atomic E-state index is -2.07. The minimum Gasteiger partial charge on any atom is -0.772 e. The molecule has 0 saturated heterocycles. The van der Waals surface area contributed by atoms with Crippen molar-refractivity contribution in [3.05, 3.63) is 29.3 Å². The highest BCUT2D eigenvalue weighted by Gasteiger charge is 2.03. The number of benzene rings is 1. The van der Waals surface area contributed by atoms with Crippen molar-refractivity contribution in [1.29, 1.82) is 0 Å². The summed E-state index contributed by atoms with van der Waals surface area (Å²) >= 11 is 0.00264. The van der Waals surface area contributed by atoms with Crippen LogP contribution in [0.3, 0.4) is 0 Å². The average Bonchev–Trinajstić information content (AvgIpc) is 2.09. The standard InChI is InChI=1S/C9H11IO3S/c1-7-2-3-9(13-6-10)8(4-7)5-14(11)12/h2-4H,5-6H2,1H3,(H,11,12)/p-1. The topological polar surface area (TPSA) is 49.4 Å². The van der Waals surface area contributed by atoms with Gasteiger partial charge in [-0.2, -0.15) is 0 Å². The van der Waals surface area contributed by atoms with Crippen molar-refractivity contribution in [3.8, 4) is 5.75 Å². The zero-order valence-electron chi connectivity index (χ0n) is 7.66. The molecule has 0 fully saturated rings. The molecule has 0 aromatic heterocycles. The van der Waals surface area contributed by atoms with Crippen LogP contribution in [0.5, 0.6) is 5.75 Å². The van der Waals surface area contributed by atoms with Crippen LogP contribution < -0.4 is 4.74 Å². The summed E-state index contributed by atoms with van der Waals surface area (Å²) in [5.41, 5.74) is 1.75. The molecule has 0 N–H and O–H groups in total. The summed E-state index contributed by atoms with van der Waals surface area (Å²) in [5.74, 6) is 0.655. The molecule has 0 aliphatic carbocycles. The van der Waals surface area contributed by atoms with Crippen LogP contribution in [-0.2, 0) is 16.8 Å². The number of ether oxygens (including phenoxy) is 1. The molecule has 14 heavy (non-hydrogen) atoms. The Balaban J connectivity index is 2.96. The first kappa shape index (κ1) is 11.9. The maximum Gasteiger partial charge on any atom is 0.139 e. The maximum atomic E-state index is 10.6. The van der Waals surface area contributed by atoms with Crippen molar-refractivity contribution in [2.24, 2.45) is 0 Å². The van der Waals surface area contributed by atoms with Gasteiger partial charge in [0.1, 0.15) is 10.4 Å². The van der Waals surface area contributed by atoms with E-state index < -0.39 is 11.1 Å². The van der Waals surface area contributed by atoms with Gasteiger partial charge in [0.15, 0.2) is 0 Å². The van der Waals surface area contributed by atoms with Gasteiger partial charge in [-0.05, 0) is 35.6 Å². The van der Waals surface area contributed by atoms with E-state index in [2.05, 4.69) is 22.6 Å². The van der Waals surface area contributed by atoms with Crippen LogP contribution in [0, 0.1) is 6.92 Å². The Kier molecular flexibility index (Phi) is 4.83. The second-order valence-corrected chi connectivity index (χ2v) is 4.33. The largest absolute Gasteiger partial charge is 0.772 e. The summed E-state index contributed by atoms with van der Waals surface area (Å²) in [5, 5.41) is 0. The highest BCUT2D eigenvalue weighted by atomic mass is 127. The Morgan fingerprint density at radius 1 is 1.57 bits per heavy atom. The monoisotopic (exact) mass is 325 g/mol. The van der Waals surface area contributed by atoms with Crippen LogP contribution >= 0.6 is 22.6 Å². The van der Waals surface area contributed by atoms with Gasteiger partial charge < -0.3 is 9.29 Å². The molecule has 1 aromatic rings. The van der Waals surface area contributed by atoms with Crippen molar-refractivity contribution < 1.29 is 13.5 Å². The third-order valence-corrected chi connectivity index (χ3v) is 2.56. The molecule has 1 atom stereocenters. The van der Waals surface area contributed by atoms with E-state index in [1.54, 1.807) is 6.07 Å². The Morgan fingerprint density at radius 2 is 2.29 bits per heavy atom. The van der Waals surface area contributed by atoms with E-state index in [1.165, 1.54) is 0 Å².